The van der Waals surface area contributed by atoms with E-state index in [1.165, 1.54) is 17.7 Å². The number of pyridine rings is 1. The number of aromatic nitrogens is 1. The van der Waals surface area contributed by atoms with Crippen LogP contribution in [0.1, 0.15) is 42.9 Å². The van der Waals surface area contributed by atoms with E-state index in [1.54, 1.807) is 0 Å². The quantitative estimate of drug-likeness (QED) is 0.433. The Bertz CT molecular complexity index is 403. The molecule has 1 aliphatic carbocycles. The van der Waals surface area contributed by atoms with Crippen molar-refractivity contribution in [3.05, 3.63) is 29.6 Å². The summed E-state index contributed by atoms with van der Waals surface area (Å²) in [6, 6.07) is 4.19. The standard InChI is InChI=1S/C14H16ClN/c15-10-3-1-2-6-12-7-4-8-13-9-5-11-16-14(12)13/h5,9,11-12H,1,3-4,7-8,10H2. The number of aryl methyl sites for hydroxylation is 1. The van der Waals surface area contributed by atoms with E-state index in [0.29, 0.717) is 11.8 Å². The minimum Gasteiger partial charge on any atom is -0.260 e. The van der Waals surface area contributed by atoms with Crippen molar-refractivity contribution in [2.45, 2.75) is 38.0 Å². The number of rotatable bonds is 2. The molecule has 0 saturated heterocycles. The van der Waals surface area contributed by atoms with Gasteiger partial charge in [0, 0.05) is 18.5 Å². The van der Waals surface area contributed by atoms with Crippen LogP contribution in [0.5, 0.6) is 0 Å². The van der Waals surface area contributed by atoms with Crippen LogP contribution in [0.4, 0.5) is 0 Å². The second-order valence-electron chi connectivity index (χ2n) is 4.11. The number of fused-ring (bicyclic) bond motifs is 1. The third-order valence-electron chi connectivity index (χ3n) is 2.91. The fourth-order valence-electron chi connectivity index (χ4n) is 2.10. The normalized spacial score (nSPS) is 18.4. The van der Waals surface area contributed by atoms with E-state index in [-0.39, 0.29) is 0 Å². The van der Waals surface area contributed by atoms with Crippen LogP contribution in [-0.4, -0.2) is 10.9 Å². The first-order chi connectivity index (χ1) is 7.92. The number of nitrogens with zero attached hydrogens (tertiary/aromatic N) is 1. The maximum atomic E-state index is 5.62. The molecule has 1 aromatic heterocycles. The molecule has 16 heavy (non-hydrogen) atoms. The van der Waals surface area contributed by atoms with Crippen molar-refractivity contribution < 1.29 is 0 Å². The molecule has 1 aromatic rings. The lowest BCUT2D eigenvalue weighted by Crippen LogP contribution is -2.10. The van der Waals surface area contributed by atoms with Crippen molar-refractivity contribution >= 4 is 11.6 Å². The van der Waals surface area contributed by atoms with Crippen molar-refractivity contribution in [2.24, 2.45) is 0 Å². The van der Waals surface area contributed by atoms with Crippen LogP contribution in [0.25, 0.3) is 0 Å². The summed E-state index contributed by atoms with van der Waals surface area (Å²) in [5, 5.41) is 0. The highest BCUT2D eigenvalue weighted by Crippen LogP contribution is 2.28. The lowest BCUT2D eigenvalue weighted by Gasteiger charge is -2.19. The first-order valence-electron chi connectivity index (χ1n) is 5.90. The van der Waals surface area contributed by atoms with Crippen molar-refractivity contribution in [1.29, 1.82) is 0 Å². The number of alkyl halides is 1. The van der Waals surface area contributed by atoms with Gasteiger partial charge in [0.2, 0.25) is 0 Å². The molecule has 84 valence electrons. The van der Waals surface area contributed by atoms with Gasteiger partial charge in [0.15, 0.2) is 0 Å². The van der Waals surface area contributed by atoms with Crippen LogP contribution >= 0.6 is 11.6 Å². The van der Waals surface area contributed by atoms with Gasteiger partial charge in [-0.25, -0.2) is 0 Å². The van der Waals surface area contributed by atoms with Crippen molar-refractivity contribution in [3.63, 3.8) is 0 Å². The Morgan fingerprint density at radius 3 is 3.31 bits per heavy atom. The third kappa shape index (κ3) is 2.77. The number of hydrogen-bond acceptors (Lipinski definition) is 1. The monoisotopic (exact) mass is 233 g/mol. The Labute approximate surface area is 102 Å². The van der Waals surface area contributed by atoms with Crippen LogP contribution < -0.4 is 0 Å². The van der Waals surface area contributed by atoms with E-state index in [4.69, 9.17) is 11.6 Å². The highest BCUT2D eigenvalue weighted by molar-refractivity contribution is 6.17. The van der Waals surface area contributed by atoms with E-state index >= 15 is 0 Å². The highest BCUT2D eigenvalue weighted by Gasteiger charge is 2.18. The fourth-order valence-corrected chi connectivity index (χ4v) is 2.23. The van der Waals surface area contributed by atoms with Crippen LogP contribution in [-0.2, 0) is 6.42 Å². The van der Waals surface area contributed by atoms with Gasteiger partial charge in [0.25, 0.3) is 0 Å². The highest BCUT2D eigenvalue weighted by atomic mass is 35.5. The zero-order chi connectivity index (χ0) is 11.2. The van der Waals surface area contributed by atoms with E-state index in [1.807, 2.05) is 12.3 Å². The van der Waals surface area contributed by atoms with E-state index in [2.05, 4.69) is 22.9 Å². The van der Waals surface area contributed by atoms with E-state index in [9.17, 15) is 0 Å². The van der Waals surface area contributed by atoms with Gasteiger partial charge >= 0.3 is 0 Å². The molecule has 0 radical (unpaired) electrons. The summed E-state index contributed by atoms with van der Waals surface area (Å²) >= 11 is 5.62. The summed E-state index contributed by atoms with van der Waals surface area (Å²) in [7, 11) is 0. The zero-order valence-corrected chi connectivity index (χ0v) is 10.1. The summed E-state index contributed by atoms with van der Waals surface area (Å²) < 4.78 is 0. The Morgan fingerprint density at radius 1 is 1.50 bits per heavy atom. The molecule has 1 heterocycles. The summed E-state index contributed by atoms with van der Waals surface area (Å²) in [5.41, 5.74) is 2.58. The molecule has 0 fully saturated rings. The van der Waals surface area contributed by atoms with E-state index in [0.717, 1.165) is 25.7 Å². The van der Waals surface area contributed by atoms with Crippen LogP contribution in [0.2, 0.25) is 0 Å². The molecule has 0 aliphatic heterocycles. The molecule has 0 N–H and O–H groups in total. The predicted molar refractivity (Wildman–Crippen MR) is 67.6 cm³/mol. The Hall–Kier alpha value is -1.00. The molecule has 2 heteroatoms. The maximum Gasteiger partial charge on any atom is 0.0627 e. The second-order valence-corrected chi connectivity index (χ2v) is 4.48. The molecule has 1 aliphatic rings. The zero-order valence-electron chi connectivity index (χ0n) is 9.38. The number of unbranched alkanes of at least 4 members (excludes halogenated alkanes) is 1. The smallest absolute Gasteiger partial charge is 0.0627 e. The van der Waals surface area contributed by atoms with Gasteiger partial charge in [-0.3, -0.25) is 4.98 Å². The molecule has 0 aromatic carbocycles. The van der Waals surface area contributed by atoms with Crippen LogP contribution in [0, 0.1) is 11.8 Å². The molecule has 1 atom stereocenters. The van der Waals surface area contributed by atoms with Crippen molar-refractivity contribution in [3.8, 4) is 11.8 Å². The van der Waals surface area contributed by atoms with Crippen molar-refractivity contribution in [1.82, 2.24) is 4.98 Å². The summed E-state index contributed by atoms with van der Waals surface area (Å²) in [4.78, 5) is 4.47. The lowest BCUT2D eigenvalue weighted by atomic mass is 9.87. The molecule has 1 unspecified atom stereocenters. The molecular weight excluding hydrogens is 218 g/mol. The summed E-state index contributed by atoms with van der Waals surface area (Å²) in [6.45, 7) is 0. The van der Waals surface area contributed by atoms with Gasteiger partial charge in [-0.15, -0.1) is 17.5 Å². The Kier molecular flexibility index (Phi) is 4.25. The third-order valence-corrected chi connectivity index (χ3v) is 3.17. The summed E-state index contributed by atoms with van der Waals surface area (Å²) in [5.74, 6) is 7.61. The molecule has 0 saturated carbocycles. The topological polar surface area (TPSA) is 12.9 Å². The maximum absolute atomic E-state index is 5.62. The minimum atomic E-state index is 0.347. The van der Waals surface area contributed by atoms with Gasteiger partial charge in [-0.2, -0.15) is 0 Å². The molecule has 1 nitrogen and oxygen atoms in total. The predicted octanol–water partition coefficient (Wildman–Crippen LogP) is 3.52. The van der Waals surface area contributed by atoms with Gasteiger partial charge in [0.1, 0.15) is 0 Å². The second kappa shape index (κ2) is 5.92. The first-order valence-corrected chi connectivity index (χ1v) is 6.43. The van der Waals surface area contributed by atoms with Gasteiger partial charge in [0.05, 0.1) is 11.6 Å². The molecule has 0 amide bonds. The van der Waals surface area contributed by atoms with Crippen molar-refractivity contribution in [2.75, 3.05) is 5.88 Å². The largest absolute Gasteiger partial charge is 0.260 e. The molecular formula is C14H16ClN. The first kappa shape index (κ1) is 11.5. The fraction of sp³-hybridized carbons (Fsp3) is 0.500. The lowest BCUT2D eigenvalue weighted by molar-refractivity contribution is 0.623. The number of halogens is 1. The Morgan fingerprint density at radius 2 is 2.44 bits per heavy atom. The van der Waals surface area contributed by atoms with Gasteiger partial charge in [-0.1, -0.05) is 12.0 Å². The van der Waals surface area contributed by atoms with Gasteiger partial charge < -0.3 is 0 Å². The molecule has 0 spiro atoms. The van der Waals surface area contributed by atoms with Gasteiger partial charge in [-0.05, 0) is 37.3 Å². The summed E-state index contributed by atoms with van der Waals surface area (Å²) in [6.07, 6.45) is 7.30. The molecule has 2 rings (SSSR count). The Balaban J connectivity index is 2.09. The van der Waals surface area contributed by atoms with E-state index < -0.39 is 0 Å². The van der Waals surface area contributed by atoms with Crippen LogP contribution in [0.3, 0.4) is 0 Å². The molecule has 0 bridgehead atoms. The average Bonchev–Trinajstić information content (AvgIpc) is 2.35. The average molecular weight is 234 g/mol. The number of hydrogen-bond donors (Lipinski definition) is 0. The van der Waals surface area contributed by atoms with Crippen LogP contribution in [0.15, 0.2) is 18.3 Å². The SMILES string of the molecule is ClCCCC#CC1CCCc2cccnc21. The minimum absolute atomic E-state index is 0.347.